The minimum atomic E-state index is -0.578. The summed E-state index contributed by atoms with van der Waals surface area (Å²) in [6.45, 7) is 3.82. The zero-order valence-electron chi connectivity index (χ0n) is 28.3. The van der Waals surface area contributed by atoms with E-state index in [1.54, 1.807) is 35.2 Å². The van der Waals surface area contributed by atoms with Gasteiger partial charge in [0.25, 0.3) is 11.8 Å². The van der Waals surface area contributed by atoms with Gasteiger partial charge in [0.1, 0.15) is 11.5 Å². The first-order chi connectivity index (χ1) is 24.9. The average Bonchev–Trinajstić information content (AvgIpc) is 3.13. The zero-order valence-corrected chi connectivity index (χ0v) is 28.3. The molecule has 2 heterocycles. The van der Waals surface area contributed by atoms with Crippen molar-refractivity contribution in [2.24, 2.45) is 0 Å². The Morgan fingerprint density at radius 1 is 0.451 bits per heavy atom. The van der Waals surface area contributed by atoms with E-state index in [-0.39, 0.29) is 0 Å². The third-order valence-corrected chi connectivity index (χ3v) is 8.36. The molecule has 2 aliphatic rings. The van der Waals surface area contributed by atoms with E-state index in [1.807, 2.05) is 48.5 Å². The van der Waals surface area contributed by atoms with Crippen LogP contribution in [0.15, 0.2) is 72.8 Å². The lowest BCUT2D eigenvalue weighted by molar-refractivity contribution is 0.0700. The Balaban J connectivity index is 0.952. The van der Waals surface area contributed by atoms with Crippen LogP contribution in [0.25, 0.3) is 0 Å². The summed E-state index contributed by atoms with van der Waals surface area (Å²) in [4.78, 5) is 23.9. The van der Waals surface area contributed by atoms with E-state index in [0.717, 1.165) is 75.3 Å². The van der Waals surface area contributed by atoms with Crippen molar-refractivity contribution in [2.75, 3.05) is 13.2 Å². The molecule has 4 aromatic rings. The van der Waals surface area contributed by atoms with Crippen LogP contribution in [-0.4, -0.2) is 35.4 Å². The Morgan fingerprint density at radius 3 is 1.00 bits per heavy atom. The lowest BCUT2D eigenvalue weighted by Gasteiger charge is -2.15. The minimum absolute atomic E-state index is 0.305. The van der Waals surface area contributed by atoms with E-state index in [2.05, 4.69) is 0 Å². The molecule has 12 heteroatoms. The second kappa shape index (κ2) is 17.9. The summed E-state index contributed by atoms with van der Waals surface area (Å²) in [6.07, 6.45) is 2.66. The molecule has 268 valence electrons. The molecule has 0 saturated carbocycles. The van der Waals surface area contributed by atoms with Crippen molar-refractivity contribution in [3.05, 3.63) is 128 Å². The molecule has 0 aliphatic carbocycles. The predicted octanol–water partition coefficient (Wildman–Crippen LogP) is 6.05. The first-order valence-electron chi connectivity index (χ1n) is 16.9. The molecule has 4 N–H and O–H groups in total. The van der Waals surface area contributed by atoms with Crippen molar-refractivity contribution in [3.63, 3.8) is 0 Å². The molecule has 6 rings (SSSR count). The molecule has 12 nitrogen and oxygen atoms in total. The van der Waals surface area contributed by atoms with Gasteiger partial charge < -0.3 is 28.4 Å². The Bertz CT molecular complexity index is 1600. The Morgan fingerprint density at radius 2 is 0.725 bits per heavy atom. The maximum absolute atomic E-state index is 12.0. The Hall–Kier alpha value is -4.82. The number of carbonyl (C=O) groups is 2. The molecule has 8 bridgehead atoms. The third-order valence-electron chi connectivity index (χ3n) is 8.36. The molecule has 0 radical (unpaired) electrons. The molecule has 51 heavy (non-hydrogen) atoms. The SMILES string of the molecule is O=C(NO)c1cc2cc(c1)COCc1cc(cc(OCCCCCOc3cc4cc(c3)COCc3cc(cc(C(=O)NO)c3)COC4)c1)COC2. The first-order valence-corrected chi connectivity index (χ1v) is 16.9. The monoisotopic (exact) mass is 698 g/mol. The maximum Gasteiger partial charge on any atom is 0.274 e. The van der Waals surface area contributed by atoms with Crippen LogP contribution in [0.5, 0.6) is 11.5 Å². The van der Waals surface area contributed by atoms with Gasteiger partial charge in [0.2, 0.25) is 0 Å². The van der Waals surface area contributed by atoms with Gasteiger partial charge in [-0.05, 0) is 112 Å². The standard InChI is InChI=1S/C39H42N2O10/c42-38(40-44)34-10-26-6-27(11-34)19-47-23-31-8-30(22-46-18-26)14-36(15-31)50-4-2-1-3-5-51-37-16-32-9-33(17-37)25-49-21-29-7-28(20-48-24-32)12-35(13-29)39(43)41-45/h6-17,44-45H,1-5,18-25H2,(H,40,42)(H,41,43). The zero-order chi connectivity index (χ0) is 35.4. The van der Waals surface area contributed by atoms with Crippen molar-refractivity contribution < 1.29 is 48.4 Å². The minimum Gasteiger partial charge on any atom is -0.494 e. The highest BCUT2D eigenvalue weighted by atomic mass is 16.5. The molecule has 4 aromatic carbocycles. The van der Waals surface area contributed by atoms with Crippen molar-refractivity contribution in [1.29, 1.82) is 0 Å². The number of fused-ring (bicyclic) bond motifs is 8. The van der Waals surface area contributed by atoms with Gasteiger partial charge in [0.15, 0.2) is 0 Å². The largest absolute Gasteiger partial charge is 0.494 e. The maximum atomic E-state index is 12.0. The highest BCUT2D eigenvalue weighted by Gasteiger charge is 2.13. The molecule has 0 spiro atoms. The highest BCUT2D eigenvalue weighted by Crippen LogP contribution is 2.24. The number of unbranched alkanes of at least 4 members (excludes halogenated alkanes) is 2. The number of benzene rings is 4. The second-order valence-electron chi connectivity index (χ2n) is 12.7. The number of hydrogen-bond acceptors (Lipinski definition) is 10. The van der Waals surface area contributed by atoms with Crippen LogP contribution in [0.4, 0.5) is 0 Å². The highest BCUT2D eigenvalue weighted by molar-refractivity contribution is 5.94. The van der Waals surface area contributed by atoms with Gasteiger partial charge in [-0.25, -0.2) is 11.0 Å². The number of hydrogen-bond donors (Lipinski definition) is 4. The van der Waals surface area contributed by atoms with Gasteiger partial charge >= 0.3 is 0 Å². The summed E-state index contributed by atoms with van der Waals surface area (Å²) in [5.41, 5.74) is 11.2. The number of ether oxygens (including phenoxy) is 6. The van der Waals surface area contributed by atoms with Crippen molar-refractivity contribution in [1.82, 2.24) is 11.0 Å². The van der Waals surface area contributed by atoms with Crippen LogP contribution in [0, 0.1) is 0 Å². The van der Waals surface area contributed by atoms with E-state index in [4.69, 9.17) is 38.8 Å². The number of rotatable bonds is 10. The van der Waals surface area contributed by atoms with Gasteiger partial charge in [-0.2, -0.15) is 0 Å². The molecule has 0 fully saturated rings. The predicted molar refractivity (Wildman–Crippen MR) is 183 cm³/mol. The van der Waals surface area contributed by atoms with Crippen molar-refractivity contribution in [2.45, 2.75) is 72.1 Å². The average molecular weight is 699 g/mol. The summed E-state index contributed by atoms with van der Waals surface area (Å²) < 4.78 is 36.1. The van der Waals surface area contributed by atoms with Crippen LogP contribution in [0.2, 0.25) is 0 Å². The summed E-state index contributed by atoms with van der Waals surface area (Å²) >= 11 is 0. The van der Waals surface area contributed by atoms with Gasteiger partial charge in [-0.1, -0.05) is 24.3 Å². The summed E-state index contributed by atoms with van der Waals surface area (Å²) in [5, 5.41) is 18.1. The van der Waals surface area contributed by atoms with E-state index in [0.29, 0.717) is 77.2 Å². The molecule has 0 saturated heterocycles. The fraction of sp³-hybridized carbons (Fsp3) is 0.333. The van der Waals surface area contributed by atoms with Gasteiger partial charge in [0.05, 0.1) is 66.1 Å². The third kappa shape index (κ3) is 10.6. The topological polar surface area (TPSA) is 154 Å². The van der Waals surface area contributed by atoms with Crippen molar-refractivity contribution >= 4 is 11.8 Å². The summed E-state index contributed by atoms with van der Waals surface area (Å²) in [6, 6.07) is 22.6. The van der Waals surface area contributed by atoms with E-state index >= 15 is 0 Å². The molecule has 0 aromatic heterocycles. The van der Waals surface area contributed by atoms with Gasteiger partial charge in [0, 0.05) is 11.1 Å². The molecular formula is C39H42N2O10. The number of nitrogens with one attached hydrogen (secondary N) is 2. The Labute approximate surface area is 296 Å². The first kappa shape index (κ1) is 36.0. The summed E-state index contributed by atoms with van der Waals surface area (Å²) in [7, 11) is 0. The molecule has 2 aliphatic heterocycles. The van der Waals surface area contributed by atoms with Crippen LogP contribution < -0.4 is 20.4 Å². The van der Waals surface area contributed by atoms with Crippen LogP contribution >= 0.6 is 0 Å². The van der Waals surface area contributed by atoms with Crippen LogP contribution in [0.1, 0.15) is 84.5 Å². The quantitative estimate of drug-likeness (QED) is 0.0875. The number of amides is 2. The van der Waals surface area contributed by atoms with Crippen LogP contribution in [-0.2, 0) is 71.8 Å². The summed E-state index contributed by atoms with van der Waals surface area (Å²) in [5.74, 6) is 0.371. The fourth-order valence-electron chi connectivity index (χ4n) is 6.11. The number of hydroxylamine groups is 2. The normalized spacial score (nSPS) is 14.5. The molecule has 2 amide bonds. The lowest BCUT2D eigenvalue weighted by atomic mass is 10.1. The molecule has 0 atom stereocenters. The second-order valence-corrected chi connectivity index (χ2v) is 12.7. The van der Waals surface area contributed by atoms with Crippen LogP contribution in [0.3, 0.4) is 0 Å². The molecule has 0 unspecified atom stereocenters. The van der Waals surface area contributed by atoms with Gasteiger partial charge in [-0.15, -0.1) is 0 Å². The van der Waals surface area contributed by atoms with E-state index in [1.165, 1.54) is 0 Å². The lowest BCUT2D eigenvalue weighted by Crippen LogP contribution is -2.19. The van der Waals surface area contributed by atoms with E-state index in [9.17, 15) is 9.59 Å². The molecular weight excluding hydrogens is 656 g/mol. The van der Waals surface area contributed by atoms with Crippen molar-refractivity contribution in [3.8, 4) is 11.5 Å². The van der Waals surface area contributed by atoms with Gasteiger partial charge in [-0.3, -0.25) is 20.0 Å². The van der Waals surface area contributed by atoms with E-state index < -0.39 is 11.8 Å². The Kier molecular flexibility index (Phi) is 12.6. The smallest absolute Gasteiger partial charge is 0.274 e. The number of carbonyl (C=O) groups excluding carboxylic acids is 2. The fourth-order valence-corrected chi connectivity index (χ4v) is 6.11.